The van der Waals surface area contributed by atoms with Gasteiger partial charge in [0.1, 0.15) is 5.71 Å². The minimum atomic E-state index is -1.78. The first-order valence-corrected chi connectivity index (χ1v) is 10.8. The van der Waals surface area contributed by atoms with Gasteiger partial charge in [0.2, 0.25) is 0 Å². The van der Waals surface area contributed by atoms with Gasteiger partial charge in [-0.3, -0.25) is 9.47 Å². The molecule has 0 N–H and O–H groups in total. The van der Waals surface area contributed by atoms with Crippen molar-refractivity contribution >= 4 is 25.4 Å². The number of anilines is 1. The van der Waals surface area contributed by atoms with Crippen LogP contribution in [0, 0.1) is 0 Å². The van der Waals surface area contributed by atoms with Gasteiger partial charge >= 0.3 is 0 Å². The number of para-hydroxylation sites is 1. The molecule has 0 amide bonds. The largest absolute Gasteiger partial charge is 0.294 e. The molecular formula is C18H22N2OSi. The molecular weight excluding hydrogens is 288 g/mol. The summed E-state index contributed by atoms with van der Waals surface area (Å²) in [4.78, 5) is 12.1. The van der Waals surface area contributed by atoms with Gasteiger partial charge in [0.05, 0.1) is 0 Å². The minimum Gasteiger partial charge on any atom is -0.294 e. The van der Waals surface area contributed by atoms with E-state index < -0.39 is 8.24 Å². The maximum atomic E-state index is 12.1. The fourth-order valence-electron chi connectivity index (χ4n) is 2.19. The number of hydrogen-bond acceptors (Lipinski definition) is 3. The fraction of sp³-hybridized carbons (Fsp3) is 0.222. The molecule has 0 saturated heterocycles. The highest BCUT2D eigenvalue weighted by Gasteiger charge is 2.26. The summed E-state index contributed by atoms with van der Waals surface area (Å²) in [6, 6.07) is 19.7. The highest BCUT2D eigenvalue weighted by Crippen LogP contribution is 2.22. The van der Waals surface area contributed by atoms with E-state index in [9.17, 15) is 4.79 Å². The average Bonchev–Trinajstić information content (AvgIpc) is 2.48. The topological polar surface area (TPSA) is 32.7 Å². The lowest BCUT2D eigenvalue weighted by molar-refractivity contribution is -0.111. The third-order valence-corrected chi connectivity index (χ3v) is 4.85. The van der Waals surface area contributed by atoms with Crippen molar-refractivity contribution in [2.24, 2.45) is 5.10 Å². The Hall–Kier alpha value is -2.20. The van der Waals surface area contributed by atoms with Crippen LogP contribution >= 0.6 is 0 Å². The van der Waals surface area contributed by atoms with Gasteiger partial charge in [-0.1, -0.05) is 48.5 Å². The monoisotopic (exact) mass is 310 g/mol. The Morgan fingerprint density at radius 1 is 0.909 bits per heavy atom. The van der Waals surface area contributed by atoms with Gasteiger partial charge in [-0.2, -0.15) is 5.10 Å². The van der Waals surface area contributed by atoms with E-state index in [2.05, 4.69) is 19.6 Å². The number of Topliss-reactive ketones (excluding diaryl/α,β-unsaturated/α-hetero) is 1. The van der Waals surface area contributed by atoms with Crippen LogP contribution in [0.2, 0.25) is 19.6 Å². The van der Waals surface area contributed by atoms with Crippen molar-refractivity contribution in [2.45, 2.75) is 26.6 Å². The Morgan fingerprint density at radius 3 is 1.86 bits per heavy atom. The molecule has 0 bridgehead atoms. The predicted molar refractivity (Wildman–Crippen MR) is 95.9 cm³/mol. The van der Waals surface area contributed by atoms with E-state index in [1.54, 1.807) is 6.92 Å². The molecule has 0 heterocycles. The molecule has 2 aromatic rings. The Labute approximate surface area is 133 Å². The van der Waals surface area contributed by atoms with E-state index >= 15 is 0 Å². The van der Waals surface area contributed by atoms with Gasteiger partial charge in [0, 0.05) is 18.2 Å². The van der Waals surface area contributed by atoms with Gasteiger partial charge in [0.15, 0.2) is 14.0 Å². The zero-order valence-corrected chi connectivity index (χ0v) is 14.6. The van der Waals surface area contributed by atoms with E-state index in [0.29, 0.717) is 5.71 Å². The summed E-state index contributed by atoms with van der Waals surface area (Å²) in [6.45, 7) is 8.21. The lowest BCUT2D eigenvalue weighted by Crippen LogP contribution is -2.43. The number of hydrazone groups is 1. The van der Waals surface area contributed by atoms with E-state index in [0.717, 1.165) is 11.3 Å². The maximum absolute atomic E-state index is 12.1. The Bertz CT molecular complexity index is 660. The van der Waals surface area contributed by atoms with Crippen molar-refractivity contribution in [3.05, 3.63) is 66.2 Å². The molecule has 0 aliphatic heterocycles. The molecule has 3 nitrogen and oxygen atoms in total. The first kappa shape index (κ1) is 16.2. The highest BCUT2D eigenvalue weighted by molar-refractivity contribution is 6.79. The van der Waals surface area contributed by atoms with Crippen LogP contribution in [0.3, 0.4) is 0 Å². The molecule has 0 saturated carbocycles. The number of rotatable bonds is 5. The summed E-state index contributed by atoms with van der Waals surface area (Å²) in [7, 11) is -1.78. The summed E-state index contributed by atoms with van der Waals surface area (Å²) in [5.41, 5.74) is 2.39. The van der Waals surface area contributed by atoms with Gasteiger partial charge in [0.25, 0.3) is 0 Å². The molecule has 4 heteroatoms. The standard InChI is InChI=1S/C18H22N2OSi/c1-15(21)18(16-11-7-5-8-12-16)19-20(22(2,3)4)17-13-9-6-10-14-17/h5-14H,1-4H3. The predicted octanol–water partition coefficient (Wildman–Crippen LogP) is 4.32. The number of carbonyl (C=O) groups excluding carboxylic acids is 1. The van der Waals surface area contributed by atoms with E-state index in [4.69, 9.17) is 5.10 Å². The van der Waals surface area contributed by atoms with Crippen molar-refractivity contribution in [2.75, 3.05) is 4.67 Å². The molecule has 22 heavy (non-hydrogen) atoms. The van der Waals surface area contributed by atoms with Gasteiger partial charge < -0.3 is 0 Å². The van der Waals surface area contributed by atoms with Crippen molar-refractivity contribution in [3.8, 4) is 0 Å². The SMILES string of the molecule is CC(=O)C(=NN(c1ccccc1)[Si](C)(C)C)c1ccccc1. The number of benzene rings is 2. The number of carbonyl (C=O) groups is 1. The summed E-state index contributed by atoms with van der Waals surface area (Å²) in [6.07, 6.45) is 0. The van der Waals surface area contributed by atoms with Gasteiger partial charge in [-0.05, 0) is 31.8 Å². The lowest BCUT2D eigenvalue weighted by atomic mass is 10.1. The molecule has 0 radical (unpaired) electrons. The zero-order chi connectivity index (χ0) is 16.2. The van der Waals surface area contributed by atoms with Crippen molar-refractivity contribution in [3.63, 3.8) is 0 Å². The molecule has 0 atom stereocenters. The van der Waals surface area contributed by atoms with Crippen LogP contribution in [0.15, 0.2) is 65.8 Å². The molecule has 114 valence electrons. The third-order valence-electron chi connectivity index (χ3n) is 3.22. The van der Waals surface area contributed by atoms with Crippen molar-refractivity contribution in [1.29, 1.82) is 0 Å². The van der Waals surface area contributed by atoms with Crippen LogP contribution in [0.25, 0.3) is 0 Å². The Morgan fingerprint density at radius 2 is 1.41 bits per heavy atom. The summed E-state index contributed by atoms with van der Waals surface area (Å²) >= 11 is 0. The molecule has 0 aliphatic carbocycles. The van der Waals surface area contributed by atoms with Crippen molar-refractivity contribution in [1.82, 2.24) is 0 Å². The van der Waals surface area contributed by atoms with E-state index in [-0.39, 0.29) is 5.78 Å². The first-order chi connectivity index (χ1) is 10.4. The number of ketones is 1. The van der Waals surface area contributed by atoms with Gasteiger partial charge in [-0.15, -0.1) is 0 Å². The summed E-state index contributed by atoms with van der Waals surface area (Å²) in [5.74, 6) is -0.0228. The normalized spacial score (nSPS) is 12.1. The molecule has 0 unspecified atom stereocenters. The minimum absolute atomic E-state index is 0.0228. The molecule has 0 fully saturated rings. The number of nitrogens with zero attached hydrogens (tertiary/aromatic N) is 2. The first-order valence-electron chi connectivity index (χ1n) is 7.40. The average molecular weight is 310 g/mol. The molecule has 0 spiro atoms. The van der Waals surface area contributed by atoms with E-state index in [1.807, 2.05) is 65.3 Å². The van der Waals surface area contributed by atoms with Crippen LogP contribution in [0.4, 0.5) is 5.69 Å². The fourth-order valence-corrected chi connectivity index (χ4v) is 3.52. The van der Waals surface area contributed by atoms with Crippen LogP contribution in [0.5, 0.6) is 0 Å². The van der Waals surface area contributed by atoms with Crippen LogP contribution in [0.1, 0.15) is 12.5 Å². The zero-order valence-electron chi connectivity index (χ0n) is 13.6. The number of hydrogen-bond donors (Lipinski definition) is 0. The molecule has 0 aliphatic rings. The Balaban J connectivity index is 2.53. The second-order valence-electron chi connectivity index (χ2n) is 6.19. The highest BCUT2D eigenvalue weighted by atomic mass is 28.3. The quantitative estimate of drug-likeness (QED) is 0.468. The third kappa shape index (κ3) is 3.92. The van der Waals surface area contributed by atoms with E-state index in [1.165, 1.54) is 0 Å². The molecule has 2 aromatic carbocycles. The van der Waals surface area contributed by atoms with Crippen LogP contribution < -0.4 is 4.67 Å². The summed E-state index contributed by atoms with van der Waals surface area (Å²) in [5, 5.41) is 4.75. The summed E-state index contributed by atoms with van der Waals surface area (Å²) < 4.78 is 2.04. The Kier molecular flexibility index (Phi) is 4.93. The smallest absolute Gasteiger partial charge is 0.180 e. The maximum Gasteiger partial charge on any atom is 0.180 e. The van der Waals surface area contributed by atoms with Gasteiger partial charge in [-0.25, -0.2) is 0 Å². The molecule has 0 aromatic heterocycles. The second kappa shape index (κ2) is 6.71. The molecule has 2 rings (SSSR count). The lowest BCUT2D eigenvalue weighted by Gasteiger charge is -2.32. The van der Waals surface area contributed by atoms with Crippen LogP contribution in [-0.2, 0) is 4.79 Å². The second-order valence-corrected chi connectivity index (χ2v) is 11.0. The van der Waals surface area contributed by atoms with Crippen LogP contribution in [-0.4, -0.2) is 19.7 Å². The van der Waals surface area contributed by atoms with Crippen molar-refractivity contribution < 1.29 is 4.79 Å².